The van der Waals surface area contributed by atoms with Crippen LogP contribution in [0.25, 0.3) is 0 Å². The first-order valence-electron chi connectivity index (χ1n) is 5.76. The number of ether oxygens (including phenoxy) is 1. The van der Waals surface area contributed by atoms with Gasteiger partial charge in [-0.2, -0.15) is 0 Å². The Bertz CT molecular complexity index is 380. The van der Waals surface area contributed by atoms with Gasteiger partial charge < -0.3 is 15.8 Å². The van der Waals surface area contributed by atoms with Gasteiger partial charge in [0.1, 0.15) is 0 Å². The molecule has 0 heterocycles. The molecule has 0 radical (unpaired) electrons. The lowest BCUT2D eigenvalue weighted by Crippen LogP contribution is -2.30. The molecule has 0 aromatic heterocycles. The third-order valence-electron chi connectivity index (χ3n) is 2.85. The zero-order chi connectivity index (χ0) is 13.0. The Morgan fingerprint density at radius 1 is 1.41 bits per heavy atom. The highest BCUT2D eigenvalue weighted by molar-refractivity contribution is 9.10. The van der Waals surface area contributed by atoms with Crippen molar-refractivity contribution in [3.05, 3.63) is 22.2 Å². The van der Waals surface area contributed by atoms with Crippen LogP contribution in [0.1, 0.15) is 19.4 Å². The van der Waals surface area contributed by atoms with Crippen LogP contribution < -0.4 is 11.1 Å². The van der Waals surface area contributed by atoms with E-state index in [-0.39, 0.29) is 0 Å². The summed E-state index contributed by atoms with van der Waals surface area (Å²) in [5.74, 6) is 0.500. The van der Waals surface area contributed by atoms with Gasteiger partial charge in [0.15, 0.2) is 0 Å². The van der Waals surface area contributed by atoms with Crippen molar-refractivity contribution in [3.8, 4) is 0 Å². The molecule has 17 heavy (non-hydrogen) atoms. The van der Waals surface area contributed by atoms with E-state index < -0.39 is 0 Å². The number of benzene rings is 1. The molecule has 3 nitrogen and oxygen atoms in total. The van der Waals surface area contributed by atoms with Crippen LogP contribution in [0.5, 0.6) is 0 Å². The van der Waals surface area contributed by atoms with E-state index in [0.717, 1.165) is 21.4 Å². The minimum Gasteiger partial charge on any atom is -0.398 e. The summed E-state index contributed by atoms with van der Waals surface area (Å²) in [5.41, 5.74) is 8.80. The quantitative estimate of drug-likeness (QED) is 0.819. The summed E-state index contributed by atoms with van der Waals surface area (Å²) in [4.78, 5) is 0. The number of aryl methyl sites for hydroxylation is 1. The standard InChI is InChI=1S/C13H21BrN2O/c1-8(2)13(7-17-4)16-12-5-9(3)11(15)6-10(12)14/h5-6,8,13,16H,7,15H2,1-4H3. The number of hydrogen-bond acceptors (Lipinski definition) is 3. The van der Waals surface area contributed by atoms with Crippen molar-refractivity contribution in [2.24, 2.45) is 5.92 Å². The second-order valence-electron chi connectivity index (χ2n) is 4.64. The SMILES string of the molecule is COCC(Nc1cc(C)c(N)cc1Br)C(C)C. The number of nitrogens with two attached hydrogens (primary N) is 1. The first-order valence-corrected chi connectivity index (χ1v) is 6.56. The van der Waals surface area contributed by atoms with E-state index in [2.05, 4.69) is 41.2 Å². The summed E-state index contributed by atoms with van der Waals surface area (Å²) in [6.45, 7) is 7.05. The molecule has 3 N–H and O–H groups in total. The summed E-state index contributed by atoms with van der Waals surface area (Å²) in [5, 5.41) is 3.49. The van der Waals surface area contributed by atoms with Crippen LogP contribution >= 0.6 is 15.9 Å². The minimum absolute atomic E-state index is 0.291. The Morgan fingerprint density at radius 3 is 2.59 bits per heavy atom. The van der Waals surface area contributed by atoms with Crippen molar-refractivity contribution in [3.63, 3.8) is 0 Å². The first-order chi connectivity index (χ1) is 7.95. The van der Waals surface area contributed by atoms with E-state index in [1.165, 1.54) is 0 Å². The van der Waals surface area contributed by atoms with Gasteiger partial charge in [-0.1, -0.05) is 13.8 Å². The van der Waals surface area contributed by atoms with Crippen LogP contribution in [0, 0.1) is 12.8 Å². The summed E-state index contributed by atoms with van der Waals surface area (Å²) < 4.78 is 6.22. The van der Waals surface area contributed by atoms with Crippen LogP contribution in [0.4, 0.5) is 11.4 Å². The molecule has 1 atom stereocenters. The van der Waals surface area contributed by atoms with E-state index in [4.69, 9.17) is 10.5 Å². The maximum atomic E-state index is 5.86. The maximum Gasteiger partial charge on any atom is 0.0666 e. The van der Waals surface area contributed by atoms with Gasteiger partial charge >= 0.3 is 0 Å². The van der Waals surface area contributed by atoms with Crippen molar-refractivity contribution >= 4 is 27.3 Å². The Kier molecular flexibility index (Phi) is 5.28. The Hall–Kier alpha value is -0.740. The van der Waals surface area contributed by atoms with E-state index >= 15 is 0 Å². The highest BCUT2D eigenvalue weighted by Crippen LogP contribution is 2.29. The molecule has 4 heteroatoms. The molecule has 0 saturated carbocycles. The highest BCUT2D eigenvalue weighted by Gasteiger charge is 2.14. The Balaban J connectivity index is 2.89. The third kappa shape index (κ3) is 3.89. The van der Waals surface area contributed by atoms with Crippen LogP contribution in [-0.4, -0.2) is 19.8 Å². The highest BCUT2D eigenvalue weighted by atomic mass is 79.9. The third-order valence-corrected chi connectivity index (χ3v) is 3.50. The molecule has 0 aliphatic heterocycles. The predicted molar refractivity (Wildman–Crippen MR) is 77.4 cm³/mol. The fourth-order valence-corrected chi connectivity index (χ4v) is 2.06. The number of halogens is 1. The molecule has 1 rings (SSSR count). The van der Waals surface area contributed by atoms with Crippen molar-refractivity contribution in [2.75, 3.05) is 24.8 Å². The lowest BCUT2D eigenvalue weighted by Gasteiger charge is -2.24. The molecular weight excluding hydrogens is 280 g/mol. The number of methoxy groups -OCH3 is 1. The van der Waals surface area contributed by atoms with E-state index in [0.29, 0.717) is 18.6 Å². The fraction of sp³-hybridized carbons (Fsp3) is 0.538. The molecule has 0 aliphatic rings. The number of anilines is 2. The molecule has 96 valence electrons. The minimum atomic E-state index is 0.291. The molecule has 0 saturated heterocycles. The molecule has 1 aromatic carbocycles. The van der Waals surface area contributed by atoms with Crippen LogP contribution in [0.2, 0.25) is 0 Å². The fourth-order valence-electron chi connectivity index (χ4n) is 1.59. The predicted octanol–water partition coefficient (Wildman–Crippen LogP) is 3.42. The van der Waals surface area contributed by atoms with Crippen LogP contribution in [0.3, 0.4) is 0 Å². The van der Waals surface area contributed by atoms with Crippen molar-refractivity contribution in [1.82, 2.24) is 0 Å². The number of nitrogen functional groups attached to an aromatic ring is 1. The monoisotopic (exact) mass is 300 g/mol. The molecule has 0 spiro atoms. The Morgan fingerprint density at radius 2 is 2.06 bits per heavy atom. The van der Waals surface area contributed by atoms with Gasteiger partial charge in [0.05, 0.1) is 12.6 Å². The molecule has 0 bridgehead atoms. The smallest absolute Gasteiger partial charge is 0.0666 e. The second kappa shape index (κ2) is 6.26. The zero-order valence-electron chi connectivity index (χ0n) is 10.9. The molecule has 0 amide bonds. The van der Waals surface area contributed by atoms with E-state index in [9.17, 15) is 0 Å². The molecule has 0 fully saturated rings. The molecule has 0 aliphatic carbocycles. The van der Waals surface area contributed by atoms with E-state index in [1.807, 2.05) is 13.0 Å². The summed E-state index contributed by atoms with van der Waals surface area (Å²) in [6, 6.07) is 4.28. The van der Waals surface area contributed by atoms with Gasteiger partial charge in [0.25, 0.3) is 0 Å². The summed E-state index contributed by atoms with van der Waals surface area (Å²) in [6.07, 6.45) is 0. The Labute approximate surface area is 112 Å². The largest absolute Gasteiger partial charge is 0.398 e. The van der Waals surface area contributed by atoms with Gasteiger partial charge in [-0.3, -0.25) is 0 Å². The average molecular weight is 301 g/mol. The lowest BCUT2D eigenvalue weighted by molar-refractivity contribution is 0.171. The lowest BCUT2D eigenvalue weighted by atomic mass is 10.0. The number of rotatable bonds is 5. The van der Waals surface area contributed by atoms with Gasteiger partial charge in [0, 0.05) is 23.0 Å². The molecule has 1 unspecified atom stereocenters. The normalized spacial score (nSPS) is 12.8. The first kappa shape index (κ1) is 14.3. The second-order valence-corrected chi connectivity index (χ2v) is 5.49. The van der Waals surface area contributed by atoms with Gasteiger partial charge in [0.2, 0.25) is 0 Å². The summed E-state index contributed by atoms with van der Waals surface area (Å²) in [7, 11) is 1.72. The van der Waals surface area contributed by atoms with Gasteiger partial charge in [-0.05, 0) is 46.5 Å². The van der Waals surface area contributed by atoms with Crippen LogP contribution in [-0.2, 0) is 4.74 Å². The summed E-state index contributed by atoms with van der Waals surface area (Å²) >= 11 is 3.53. The van der Waals surface area contributed by atoms with Crippen molar-refractivity contribution in [1.29, 1.82) is 0 Å². The molecular formula is C13H21BrN2O. The van der Waals surface area contributed by atoms with Crippen LogP contribution in [0.15, 0.2) is 16.6 Å². The van der Waals surface area contributed by atoms with Crippen molar-refractivity contribution in [2.45, 2.75) is 26.8 Å². The number of hydrogen-bond donors (Lipinski definition) is 2. The number of nitrogens with one attached hydrogen (secondary N) is 1. The maximum absolute atomic E-state index is 5.86. The van der Waals surface area contributed by atoms with E-state index in [1.54, 1.807) is 7.11 Å². The average Bonchev–Trinajstić information content (AvgIpc) is 2.24. The topological polar surface area (TPSA) is 47.3 Å². The molecule has 1 aromatic rings. The van der Waals surface area contributed by atoms with Gasteiger partial charge in [-0.25, -0.2) is 0 Å². The van der Waals surface area contributed by atoms with Crippen molar-refractivity contribution < 1.29 is 4.74 Å². The zero-order valence-corrected chi connectivity index (χ0v) is 12.5. The van der Waals surface area contributed by atoms with Gasteiger partial charge in [-0.15, -0.1) is 0 Å².